The van der Waals surface area contributed by atoms with Crippen LogP contribution in [0.2, 0.25) is 5.02 Å². The van der Waals surface area contributed by atoms with Crippen LogP contribution in [0.5, 0.6) is 5.75 Å². The van der Waals surface area contributed by atoms with Crippen molar-refractivity contribution in [2.75, 3.05) is 17.7 Å². The maximum Gasteiger partial charge on any atom is 0.255 e. The van der Waals surface area contributed by atoms with Gasteiger partial charge in [0.25, 0.3) is 5.91 Å². The van der Waals surface area contributed by atoms with Gasteiger partial charge < -0.3 is 15.8 Å². The highest BCUT2D eigenvalue weighted by Crippen LogP contribution is 2.28. The molecular weight excluding hydrogens is 288 g/mol. The number of carbonyl (C=O) groups is 1. The van der Waals surface area contributed by atoms with Crippen LogP contribution in [0.15, 0.2) is 36.4 Å². The third kappa shape index (κ3) is 3.67. The minimum atomic E-state index is -0.234. The Kier molecular flexibility index (Phi) is 4.70. The predicted molar refractivity (Wildman–Crippen MR) is 86.2 cm³/mol. The van der Waals surface area contributed by atoms with E-state index in [9.17, 15) is 4.79 Å². The molecule has 0 fully saturated rings. The van der Waals surface area contributed by atoms with Crippen molar-refractivity contribution in [1.29, 1.82) is 0 Å². The molecule has 0 radical (unpaired) electrons. The van der Waals surface area contributed by atoms with Crippen LogP contribution in [-0.2, 0) is 0 Å². The van der Waals surface area contributed by atoms with Gasteiger partial charge in [-0.25, -0.2) is 0 Å². The SMILES string of the molecule is CCOc1ccc(NC(=O)c2ccc(C)c(N)c2)cc1Cl. The van der Waals surface area contributed by atoms with Gasteiger partial charge >= 0.3 is 0 Å². The van der Waals surface area contributed by atoms with E-state index in [0.717, 1.165) is 5.56 Å². The number of nitrogens with two attached hydrogens (primary N) is 1. The quantitative estimate of drug-likeness (QED) is 0.842. The number of carbonyl (C=O) groups excluding carboxylic acids is 1. The number of benzene rings is 2. The molecule has 0 bridgehead atoms. The second-order valence-electron chi connectivity index (χ2n) is 4.60. The standard InChI is InChI=1S/C16H17ClN2O2/c1-3-21-15-7-6-12(9-13(15)17)19-16(20)11-5-4-10(2)14(18)8-11/h4-9H,3,18H2,1-2H3,(H,19,20). The molecule has 0 saturated carbocycles. The van der Waals surface area contributed by atoms with Crippen molar-refractivity contribution in [2.45, 2.75) is 13.8 Å². The Morgan fingerprint density at radius 3 is 2.67 bits per heavy atom. The van der Waals surface area contributed by atoms with Crippen LogP contribution in [0.25, 0.3) is 0 Å². The molecule has 2 aromatic carbocycles. The number of rotatable bonds is 4. The summed E-state index contributed by atoms with van der Waals surface area (Å²) in [5.74, 6) is 0.360. The molecule has 110 valence electrons. The van der Waals surface area contributed by atoms with Gasteiger partial charge in [-0.05, 0) is 49.7 Å². The predicted octanol–water partition coefficient (Wildman–Crippen LogP) is 3.88. The summed E-state index contributed by atoms with van der Waals surface area (Å²) < 4.78 is 5.35. The van der Waals surface area contributed by atoms with Crippen molar-refractivity contribution < 1.29 is 9.53 Å². The first-order valence-electron chi connectivity index (χ1n) is 6.61. The van der Waals surface area contributed by atoms with Crippen molar-refractivity contribution in [2.24, 2.45) is 0 Å². The number of aryl methyl sites for hydroxylation is 1. The van der Waals surface area contributed by atoms with E-state index in [0.29, 0.717) is 34.3 Å². The zero-order valence-corrected chi connectivity index (χ0v) is 12.7. The summed E-state index contributed by atoms with van der Waals surface area (Å²) in [5, 5.41) is 3.24. The Hall–Kier alpha value is -2.20. The van der Waals surface area contributed by atoms with Gasteiger partial charge in [0, 0.05) is 16.9 Å². The number of amides is 1. The first kappa shape index (κ1) is 15.2. The highest BCUT2D eigenvalue weighted by atomic mass is 35.5. The Bertz CT molecular complexity index is 671. The Balaban J connectivity index is 2.15. The van der Waals surface area contributed by atoms with Gasteiger partial charge in [0.2, 0.25) is 0 Å². The lowest BCUT2D eigenvalue weighted by molar-refractivity contribution is 0.102. The van der Waals surface area contributed by atoms with Gasteiger partial charge in [0.1, 0.15) is 5.75 Å². The van der Waals surface area contributed by atoms with Gasteiger partial charge in [-0.2, -0.15) is 0 Å². The maximum absolute atomic E-state index is 12.2. The van der Waals surface area contributed by atoms with Crippen molar-refractivity contribution in [1.82, 2.24) is 0 Å². The molecule has 3 N–H and O–H groups in total. The normalized spacial score (nSPS) is 10.2. The van der Waals surface area contributed by atoms with Crippen molar-refractivity contribution in [3.05, 3.63) is 52.5 Å². The maximum atomic E-state index is 12.2. The molecule has 2 rings (SSSR count). The fraction of sp³-hybridized carbons (Fsp3) is 0.188. The largest absolute Gasteiger partial charge is 0.492 e. The zero-order chi connectivity index (χ0) is 15.4. The molecule has 4 nitrogen and oxygen atoms in total. The minimum absolute atomic E-state index is 0.234. The van der Waals surface area contributed by atoms with Gasteiger partial charge in [-0.1, -0.05) is 17.7 Å². The molecule has 0 heterocycles. The van der Waals surface area contributed by atoms with Crippen LogP contribution in [0.3, 0.4) is 0 Å². The van der Waals surface area contributed by atoms with Gasteiger partial charge in [0.05, 0.1) is 11.6 Å². The third-order valence-electron chi connectivity index (χ3n) is 3.03. The number of hydrogen-bond donors (Lipinski definition) is 2. The summed E-state index contributed by atoms with van der Waals surface area (Å²) in [6.45, 7) is 4.31. The van der Waals surface area contributed by atoms with E-state index >= 15 is 0 Å². The summed E-state index contributed by atoms with van der Waals surface area (Å²) in [6, 6.07) is 10.3. The van der Waals surface area contributed by atoms with Crippen molar-refractivity contribution in [3.63, 3.8) is 0 Å². The van der Waals surface area contributed by atoms with Crippen LogP contribution in [0.4, 0.5) is 11.4 Å². The molecule has 21 heavy (non-hydrogen) atoms. The lowest BCUT2D eigenvalue weighted by Crippen LogP contribution is -2.12. The second kappa shape index (κ2) is 6.50. The third-order valence-corrected chi connectivity index (χ3v) is 3.33. The second-order valence-corrected chi connectivity index (χ2v) is 5.01. The van der Waals surface area contributed by atoms with E-state index in [-0.39, 0.29) is 5.91 Å². The van der Waals surface area contributed by atoms with Gasteiger partial charge in [-0.3, -0.25) is 4.79 Å². The van der Waals surface area contributed by atoms with Gasteiger partial charge in [0.15, 0.2) is 0 Å². The molecule has 2 aromatic rings. The topological polar surface area (TPSA) is 64.3 Å². The van der Waals surface area contributed by atoms with Crippen molar-refractivity contribution in [3.8, 4) is 5.75 Å². The average molecular weight is 305 g/mol. The summed E-state index contributed by atoms with van der Waals surface area (Å²) in [4.78, 5) is 12.2. The van der Waals surface area contributed by atoms with Crippen LogP contribution >= 0.6 is 11.6 Å². The Labute approximate surface area is 128 Å². The fourth-order valence-corrected chi connectivity index (χ4v) is 2.07. The van der Waals surface area contributed by atoms with Crippen molar-refractivity contribution >= 4 is 28.9 Å². The average Bonchev–Trinajstić information content (AvgIpc) is 2.45. The van der Waals surface area contributed by atoms with Crippen LogP contribution < -0.4 is 15.8 Å². The highest BCUT2D eigenvalue weighted by molar-refractivity contribution is 6.32. The summed E-state index contributed by atoms with van der Waals surface area (Å²) in [5.41, 5.74) is 8.45. The molecular formula is C16H17ClN2O2. The molecule has 0 aliphatic heterocycles. The number of anilines is 2. The molecule has 0 aliphatic carbocycles. The fourth-order valence-electron chi connectivity index (χ4n) is 1.84. The molecule has 0 saturated heterocycles. The summed E-state index contributed by atoms with van der Waals surface area (Å²) in [7, 11) is 0. The van der Waals surface area contributed by atoms with Gasteiger partial charge in [-0.15, -0.1) is 0 Å². The number of ether oxygens (including phenoxy) is 1. The zero-order valence-electron chi connectivity index (χ0n) is 11.9. The molecule has 5 heteroatoms. The van der Waals surface area contributed by atoms with E-state index in [4.69, 9.17) is 22.1 Å². The monoisotopic (exact) mass is 304 g/mol. The van der Waals surface area contributed by atoms with Crippen LogP contribution in [0, 0.1) is 6.92 Å². The van der Waals surface area contributed by atoms with Crippen LogP contribution in [0.1, 0.15) is 22.8 Å². The molecule has 0 unspecified atom stereocenters. The molecule has 0 aromatic heterocycles. The lowest BCUT2D eigenvalue weighted by atomic mass is 10.1. The molecule has 0 atom stereocenters. The Morgan fingerprint density at radius 1 is 1.29 bits per heavy atom. The first-order valence-corrected chi connectivity index (χ1v) is 6.99. The molecule has 0 spiro atoms. The lowest BCUT2D eigenvalue weighted by Gasteiger charge is -2.10. The summed E-state index contributed by atoms with van der Waals surface area (Å²) >= 11 is 6.09. The van der Waals surface area contributed by atoms with E-state index in [1.54, 1.807) is 30.3 Å². The Morgan fingerprint density at radius 2 is 2.05 bits per heavy atom. The van der Waals surface area contributed by atoms with E-state index in [1.165, 1.54) is 0 Å². The van der Waals surface area contributed by atoms with E-state index in [2.05, 4.69) is 5.32 Å². The minimum Gasteiger partial charge on any atom is -0.492 e. The van der Waals surface area contributed by atoms with Crippen LogP contribution in [-0.4, -0.2) is 12.5 Å². The van der Waals surface area contributed by atoms with E-state index < -0.39 is 0 Å². The number of halogens is 1. The first-order chi connectivity index (χ1) is 10.0. The number of nitrogens with one attached hydrogen (secondary N) is 1. The molecule has 0 aliphatic rings. The smallest absolute Gasteiger partial charge is 0.255 e. The van der Waals surface area contributed by atoms with E-state index in [1.807, 2.05) is 19.9 Å². The summed E-state index contributed by atoms with van der Waals surface area (Å²) in [6.07, 6.45) is 0. The number of nitrogen functional groups attached to an aromatic ring is 1. The number of hydrogen-bond acceptors (Lipinski definition) is 3. The molecule has 1 amide bonds. The highest BCUT2D eigenvalue weighted by Gasteiger charge is 2.09.